The van der Waals surface area contributed by atoms with Gasteiger partial charge in [-0.1, -0.05) is 6.92 Å². The molecule has 2 aliphatic heterocycles. The van der Waals surface area contributed by atoms with Crippen LogP contribution in [-0.4, -0.2) is 58.2 Å². The number of nitrogens with one attached hydrogen (secondary N) is 1. The lowest BCUT2D eigenvalue weighted by Crippen LogP contribution is -2.46. The van der Waals surface area contributed by atoms with E-state index in [1.807, 2.05) is 11.0 Å². The zero-order valence-corrected chi connectivity index (χ0v) is 20.9. The lowest BCUT2D eigenvalue weighted by Gasteiger charge is -2.35. The van der Waals surface area contributed by atoms with Gasteiger partial charge in [-0.05, 0) is 77.6 Å². The Kier molecular flexibility index (Phi) is 7.52. The fourth-order valence-corrected chi connectivity index (χ4v) is 5.14. The molecule has 7 nitrogen and oxygen atoms in total. The van der Waals surface area contributed by atoms with E-state index in [-0.39, 0.29) is 18.7 Å². The summed E-state index contributed by atoms with van der Waals surface area (Å²) in [5.41, 5.74) is 0.266. The molecule has 0 bridgehead atoms. The molecule has 4 rings (SSSR count). The maximum Gasteiger partial charge on any atom is 0.341 e. The number of hydrogen-bond donors (Lipinski definition) is 2. The molecule has 0 radical (unpaired) electrons. The molecule has 1 aromatic heterocycles. The van der Waals surface area contributed by atoms with Crippen molar-refractivity contribution in [3.63, 3.8) is 0 Å². The second-order valence-corrected chi connectivity index (χ2v) is 9.95. The first-order chi connectivity index (χ1) is 16.3. The van der Waals surface area contributed by atoms with Crippen molar-refractivity contribution >= 4 is 39.3 Å². The highest BCUT2D eigenvalue weighted by atomic mass is 79.9. The summed E-state index contributed by atoms with van der Waals surface area (Å²) in [6.07, 6.45) is 5.19. The predicted octanol–water partition coefficient (Wildman–Crippen LogP) is 4.86. The molecule has 2 N–H and O–H groups in total. The molecule has 1 atom stereocenters. The third-order valence-electron chi connectivity index (χ3n) is 6.95. The van der Waals surface area contributed by atoms with Crippen molar-refractivity contribution in [1.29, 1.82) is 0 Å². The topological polar surface area (TPSA) is 85.8 Å². The summed E-state index contributed by atoms with van der Waals surface area (Å²) in [6, 6.07) is 9.56. The first kappa shape index (κ1) is 24.6. The van der Waals surface area contributed by atoms with Crippen molar-refractivity contribution in [2.75, 3.05) is 29.9 Å². The Morgan fingerprint density at radius 2 is 1.94 bits per heavy atom. The molecule has 2 aliphatic rings. The number of pyridine rings is 1. The summed E-state index contributed by atoms with van der Waals surface area (Å²) in [7, 11) is 0. The highest BCUT2D eigenvalue weighted by Crippen LogP contribution is 2.30. The van der Waals surface area contributed by atoms with Crippen molar-refractivity contribution in [1.82, 2.24) is 9.88 Å². The number of nitrogens with zero attached hydrogens (tertiary/aromatic N) is 3. The van der Waals surface area contributed by atoms with Crippen LogP contribution in [0.25, 0.3) is 0 Å². The zero-order valence-electron chi connectivity index (χ0n) is 19.3. The highest BCUT2D eigenvalue weighted by molar-refractivity contribution is 9.10. The molecular formula is C25H30BrFN4O3. The summed E-state index contributed by atoms with van der Waals surface area (Å²) in [4.78, 5) is 32.7. The Hall–Kier alpha value is -2.52. The zero-order chi connectivity index (χ0) is 24.3. The number of carboxylic acids is 1. The number of carboxylic acid groups (broad SMARTS) is 1. The number of aromatic nitrogens is 1. The Morgan fingerprint density at radius 1 is 1.24 bits per heavy atom. The number of piperidine rings is 1. The molecular weight excluding hydrogens is 503 g/mol. The summed E-state index contributed by atoms with van der Waals surface area (Å²) in [5, 5.41) is 11.9. The molecule has 182 valence electrons. The largest absolute Gasteiger partial charge is 0.479 e. The van der Waals surface area contributed by atoms with Crippen LogP contribution in [0.15, 0.2) is 41.0 Å². The van der Waals surface area contributed by atoms with Crippen molar-refractivity contribution in [3.05, 3.63) is 52.1 Å². The maximum atomic E-state index is 14.3. The number of likely N-dealkylation sites (tertiary alicyclic amines) is 1. The SMILES string of the molecule is CCC1CCCN1Cc1cc(NC(=O)c2ccc(N3CCC(F)(C(=O)O)CC3)cc2)ncc1Br. The van der Waals surface area contributed by atoms with E-state index < -0.39 is 11.6 Å². The molecule has 0 aliphatic carbocycles. The third kappa shape index (κ3) is 5.41. The normalized spacial score (nSPS) is 20.3. The molecule has 0 saturated carbocycles. The highest BCUT2D eigenvalue weighted by Gasteiger charge is 2.41. The van der Waals surface area contributed by atoms with Gasteiger partial charge in [0.2, 0.25) is 5.67 Å². The number of halogens is 2. The second-order valence-electron chi connectivity index (χ2n) is 9.09. The quantitative estimate of drug-likeness (QED) is 0.529. The van der Waals surface area contributed by atoms with Crippen LogP contribution >= 0.6 is 15.9 Å². The van der Waals surface area contributed by atoms with E-state index in [1.54, 1.807) is 30.5 Å². The molecule has 34 heavy (non-hydrogen) atoms. The van der Waals surface area contributed by atoms with E-state index in [2.05, 4.69) is 38.1 Å². The van der Waals surface area contributed by atoms with Crippen molar-refractivity contribution in [2.24, 2.45) is 0 Å². The molecule has 2 fully saturated rings. The van der Waals surface area contributed by atoms with Gasteiger partial charge in [-0.2, -0.15) is 0 Å². The molecule has 1 aromatic carbocycles. The summed E-state index contributed by atoms with van der Waals surface area (Å²) < 4.78 is 15.2. The van der Waals surface area contributed by atoms with E-state index in [4.69, 9.17) is 5.11 Å². The van der Waals surface area contributed by atoms with Gasteiger partial charge < -0.3 is 15.3 Å². The Morgan fingerprint density at radius 3 is 2.59 bits per heavy atom. The van der Waals surface area contributed by atoms with Gasteiger partial charge in [0.25, 0.3) is 5.91 Å². The minimum absolute atomic E-state index is 0.0570. The number of hydrogen-bond acceptors (Lipinski definition) is 5. The van der Waals surface area contributed by atoms with Crippen molar-refractivity contribution in [3.8, 4) is 0 Å². The third-order valence-corrected chi connectivity index (χ3v) is 7.67. The van der Waals surface area contributed by atoms with E-state index in [0.29, 0.717) is 30.5 Å². The number of benzene rings is 1. The fraction of sp³-hybridized carbons (Fsp3) is 0.480. The van der Waals surface area contributed by atoms with Gasteiger partial charge in [-0.15, -0.1) is 0 Å². The van der Waals surface area contributed by atoms with Crippen LogP contribution in [-0.2, 0) is 11.3 Å². The Labute approximate surface area is 207 Å². The number of rotatable bonds is 7. The predicted molar refractivity (Wildman–Crippen MR) is 133 cm³/mol. The van der Waals surface area contributed by atoms with E-state index in [0.717, 1.165) is 35.2 Å². The average molecular weight is 533 g/mol. The van der Waals surface area contributed by atoms with Gasteiger partial charge in [0.05, 0.1) is 0 Å². The molecule has 3 heterocycles. The number of carbonyl (C=O) groups excluding carboxylic acids is 1. The number of aliphatic carboxylic acids is 1. The van der Waals surface area contributed by atoms with E-state index in [9.17, 15) is 14.0 Å². The summed E-state index contributed by atoms with van der Waals surface area (Å²) in [5.74, 6) is -1.15. The van der Waals surface area contributed by atoms with Gasteiger partial charge in [-0.25, -0.2) is 14.2 Å². The molecule has 1 amide bonds. The molecule has 2 aromatic rings. The van der Waals surface area contributed by atoms with Crippen LogP contribution < -0.4 is 10.2 Å². The molecule has 2 saturated heterocycles. The minimum atomic E-state index is -2.15. The monoisotopic (exact) mass is 532 g/mol. The lowest BCUT2D eigenvalue weighted by atomic mass is 9.93. The maximum absolute atomic E-state index is 14.3. The smallest absolute Gasteiger partial charge is 0.341 e. The van der Waals surface area contributed by atoms with E-state index >= 15 is 0 Å². The van der Waals surface area contributed by atoms with Gasteiger partial charge in [0.1, 0.15) is 5.82 Å². The van der Waals surface area contributed by atoms with E-state index in [1.165, 1.54) is 12.8 Å². The molecule has 1 unspecified atom stereocenters. The number of carbonyl (C=O) groups is 2. The van der Waals surface area contributed by atoms with Crippen LogP contribution in [0.1, 0.15) is 54.9 Å². The lowest BCUT2D eigenvalue weighted by molar-refractivity contribution is -0.152. The first-order valence-electron chi connectivity index (χ1n) is 11.8. The van der Waals surface area contributed by atoms with Crippen LogP contribution in [0.4, 0.5) is 15.9 Å². The van der Waals surface area contributed by atoms with Gasteiger partial charge in [0, 0.05) is 60.4 Å². The van der Waals surface area contributed by atoms with Crippen LogP contribution in [0.2, 0.25) is 0 Å². The van der Waals surface area contributed by atoms with Crippen molar-refractivity contribution in [2.45, 2.75) is 57.3 Å². The van der Waals surface area contributed by atoms with Crippen LogP contribution in [0.5, 0.6) is 0 Å². The van der Waals surface area contributed by atoms with Gasteiger partial charge >= 0.3 is 5.97 Å². The average Bonchev–Trinajstić information content (AvgIpc) is 3.29. The number of alkyl halides is 1. The summed E-state index contributed by atoms with van der Waals surface area (Å²) >= 11 is 3.59. The van der Waals surface area contributed by atoms with Crippen molar-refractivity contribution < 1.29 is 19.1 Å². The molecule has 9 heteroatoms. The number of amides is 1. The van der Waals surface area contributed by atoms with Crippen LogP contribution in [0.3, 0.4) is 0 Å². The molecule has 0 spiro atoms. The van der Waals surface area contributed by atoms with Crippen LogP contribution in [0, 0.1) is 0 Å². The summed E-state index contributed by atoms with van der Waals surface area (Å²) in [6.45, 7) is 4.75. The Balaban J connectivity index is 1.38. The number of anilines is 2. The van der Waals surface area contributed by atoms with Gasteiger partial charge in [-0.3, -0.25) is 9.69 Å². The fourth-order valence-electron chi connectivity index (χ4n) is 4.80. The first-order valence-corrected chi connectivity index (χ1v) is 12.6. The van der Waals surface area contributed by atoms with Gasteiger partial charge in [0.15, 0.2) is 0 Å². The minimum Gasteiger partial charge on any atom is -0.479 e. The second kappa shape index (κ2) is 10.4. The Bertz CT molecular complexity index is 1040. The standard InChI is InChI=1S/C25H30BrFN4O3/c1-2-19-4-3-11-31(19)16-18-14-22(28-15-21(18)26)29-23(32)17-5-7-20(8-6-17)30-12-9-25(27,10-13-30)24(33)34/h5-8,14-15,19H,2-4,9-13,16H2,1H3,(H,33,34)(H,28,29,32).